The Hall–Kier alpha value is -1.75. The van der Waals surface area contributed by atoms with Gasteiger partial charge in [-0.05, 0) is 25.0 Å². The van der Waals surface area contributed by atoms with Gasteiger partial charge in [0.25, 0.3) is 0 Å². The molecule has 16 heavy (non-hydrogen) atoms. The number of nitrogens with zero attached hydrogens (tertiary/aromatic N) is 3. The third-order valence-electron chi connectivity index (χ3n) is 2.87. The Morgan fingerprint density at radius 1 is 1.12 bits per heavy atom. The molecule has 5 nitrogen and oxygen atoms in total. The van der Waals surface area contributed by atoms with Gasteiger partial charge in [-0.25, -0.2) is 4.98 Å². The van der Waals surface area contributed by atoms with E-state index in [2.05, 4.69) is 20.5 Å². The Morgan fingerprint density at radius 3 is 2.62 bits per heavy atom. The highest BCUT2D eigenvalue weighted by Crippen LogP contribution is 2.21. The quantitative estimate of drug-likeness (QED) is 0.779. The first-order valence-corrected chi connectivity index (χ1v) is 5.43. The normalized spacial score (nSPS) is 24.1. The Kier molecular flexibility index (Phi) is 2.18. The van der Waals surface area contributed by atoms with Gasteiger partial charge in [0.05, 0.1) is 5.52 Å². The van der Waals surface area contributed by atoms with E-state index in [0.29, 0.717) is 18.0 Å². The maximum absolute atomic E-state index is 5.72. The highest BCUT2D eigenvalue weighted by Gasteiger charge is 2.26. The van der Waals surface area contributed by atoms with Gasteiger partial charge in [0.1, 0.15) is 5.52 Å². The van der Waals surface area contributed by atoms with Gasteiger partial charge in [-0.3, -0.25) is 0 Å². The van der Waals surface area contributed by atoms with E-state index in [1.807, 2.05) is 24.3 Å². The zero-order chi connectivity index (χ0) is 11.0. The van der Waals surface area contributed by atoms with Crippen molar-refractivity contribution in [1.82, 2.24) is 15.2 Å². The summed E-state index contributed by atoms with van der Waals surface area (Å²) in [6, 6.07) is 8.43. The second-order valence-corrected chi connectivity index (χ2v) is 4.20. The van der Waals surface area contributed by atoms with Crippen molar-refractivity contribution in [2.75, 3.05) is 5.32 Å². The van der Waals surface area contributed by atoms with Gasteiger partial charge in [0.15, 0.2) is 0 Å². The number of aromatic nitrogens is 3. The van der Waals surface area contributed by atoms with Crippen molar-refractivity contribution in [3.8, 4) is 0 Å². The van der Waals surface area contributed by atoms with E-state index in [-0.39, 0.29) is 0 Å². The molecular weight excluding hydrogens is 202 g/mol. The number of benzene rings is 1. The molecule has 0 radical (unpaired) electrons. The van der Waals surface area contributed by atoms with Crippen LogP contribution in [0.2, 0.25) is 0 Å². The third kappa shape index (κ3) is 1.69. The predicted molar refractivity (Wildman–Crippen MR) is 62.0 cm³/mol. The van der Waals surface area contributed by atoms with Gasteiger partial charge in [-0.1, -0.05) is 12.1 Å². The summed E-state index contributed by atoms with van der Waals surface area (Å²) in [5, 5.41) is 11.4. The van der Waals surface area contributed by atoms with Crippen LogP contribution in [0, 0.1) is 0 Å². The van der Waals surface area contributed by atoms with Gasteiger partial charge in [-0.15, -0.1) is 10.2 Å². The number of para-hydroxylation sites is 1. The van der Waals surface area contributed by atoms with Crippen LogP contribution >= 0.6 is 0 Å². The summed E-state index contributed by atoms with van der Waals surface area (Å²) in [6.45, 7) is 0. The van der Waals surface area contributed by atoms with Crippen molar-refractivity contribution in [3.05, 3.63) is 24.3 Å². The van der Waals surface area contributed by atoms with Crippen LogP contribution in [0.3, 0.4) is 0 Å². The zero-order valence-electron chi connectivity index (χ0n) is 8.80. The molecule has 1 aromatic carbocycles. The Bertz CT molecular complexity index is 506. The van der Waals surface area contributed by atoms with Crippen molar-refractivity contribution in [3.63, 3.8) is 0 Å². The number of fused-ring (bicyclic) bond motifs is 1. The molecule has 0 atom stereocenters. The van der Waals surface area contributed by atoms with Gasteiger partial charge < -0.3 is 11.1 Å². The average molecular weight is 215 g/mol. The fraction of sp³-hybridized carbons (Fsp3) is 0.364. The summed E-state index contributed by atoms with van der Waals surface area (Å²) in [6.07, 6.45) is 1.96. The maximum atomic E-state index is 5.72. The average Bonchev–Trinajstić information content (AvgIpc) is 2.27. The van der Waals surface area contributed by atoms with Crippen molar-refractivity contribution in [1.29, 1.82) is 0 Å². The molecular formula is C11H13N5. The van der Waals surface area contributed by atoms with Crippen LogP contribution in [-0.4, -0.2) is 27.3 Å². The highest BCUT2D eigenvalue weighted by atomic mass is 15.2. The first-order chi connectivity index (χ1) is 7.81. The van der Waals surface area contributed by atoms with Gasteiger partial charge in [0.2, 0.25) is 5.95 Å². The molecule has 0 aliphatic heterocycles. The van der Waals surface area contributed by atoms with Gasteiger partial charge in [0, 0.05) is 12.1 Å². The smallest absolute Gasteiger partial charge is 0.243 e. The molecule has 82 valence electrons. The SMILES string of the molecule is NC1CC(Nc2nnc3ccccc3n2)C1. The molecule has 0 saturated heterocycles. The molecule has 1 aliphatic carbocycles. The lowest BCUT2D eigenvalue weighted by Gasteiger charge is -2.32. The second-order valence-electron chi connectivity index (χ2n) is 4.20. The molecule has 0 spiro atoms. The molecule has 0 unspecified atom stereocenters. The molecule has 1 aromatic heterocycles. The van der Waals surface area contributed by atoms with Crippen molar-refractivity contribution >= 4 is 17.0 Å². The summed E-state index contributed by atoms with van der Waals surface area (Å²) < 4.78 is 0. The number of rotatable bonds is 2. The van der Waals surface area contributed by atoms with Crippen LogP contribution in [-0.2, 0) is 0 Å². The second kappa shape index (κ2) is 3.68. The van der Waals surface area contributed by atoms with E-state index >= 15 is 0 Å². The topological polar surface area (TPSA) is 76.7 Å². The molecule has 1 heterocycles. The lowest BCUT2D eigenvalue weighted by molar-refractivity contribution is 0.372. The molecule has 3 N–H and O–H groups in total. The third-order valence-corrected chi connectivity index (χ3v) is 2.87. The first-order valence-electron chi connectivity index (χ1n) is 5.43. The summed E-state index contributed by atoms with van der Waals surface area (Å²) >= 11 is 0. The summed E-state index contributed by atoms with van der Waals surface area (Å²) in [7, 11) is 0. The Morgan fingerprint density at radius 2 is 1.88 bits per heavy atom. The Labute approximate surface area is 93.1 Å². The van der Waals surface area contributed by atoms with Crippen LogP contribution in [0.15, 0.2) is 24.3 Å². The number of hydrogen-bond donors (Lipinski definition) is 2. The van der Waals surface area contributed by atoms with Crippen LogP contribution in [0.25, 0.3) is 11.0 Å². The number of nitrogens with two attached hydrogens (primary N) is 1. The highest BCUT2D eigenvalue weighted by molar-refractivity contribution is 5.74. The fourth-order valence-corrected chi connectivity index (χ4v) is 1.90. The fourth-order valence-electron chi connectivity index (χ4n) is 1.90. The molecule has 1 fully saturated rings. The molecule has 1 aliphatic rings. The predicted octanol–water partition coefficient (Wildman–Crippen LogP) is 0.926. The van der Waals surface area contributed by atoms with E-state index in [1.165, 1.54) is 0 Å². The van der Waals surface area contributed by atoms with E-state index in [9.17, 15) is 0 Å². The molecule has 1 saturated carbocycles. The summed E-state index contributed by atoms with van der Waals surface area (Å²) in [4.78, 5) is 4.40. The van der Waals surface area contributed by atoms with E-state index in [1.54, 1.807) is 0 Å². The first kappa shape index (κ1) is 9.47. The molecule has 2 aromatic rings. The lowest BCUT2D eigenvalue weighted by atomic mass is 9.88. The number of hydrogen-bond acceptors (Lipinski definition) is 5. The largest absolute Gasteiger partial charge is 0.350 e. The number of nitrogens with one attached hydrogen (secondary N) is 1. The number of anilines is 1. The Balaban J connectivity index is 1.82. The molecule has 0 amide bonds. The van der Waals surface area contributed by atoms with Crippen molar-refractivity contribution < 1.29 is 0 Å². The minimum absolute atomic E-state index is 0.325. The summed E-state index contributed by atoms with van der Waals surface area (Å²) in [5.41, 5.74) is 7.40. The standard InChI is InChI=1S/C11H13N5/c12-7-5-8(6-7)13-11-14-9-3-1-2-4-10(9)15-16-11/h1-4,7-8H,5-6,12H2,(H,13,14,16). The zero-order valence-corrected chi connectivity index (χ0v) is 8.80. The molecule has 5 heteroatoms. The lowest BCUT2D eigenvalue weighted by Crippen LogP contribution is -2.44. The van der Waals surface area contributed by atoms with Crippen LogP contribution < -0.4 is 11.1 Å². The monoisotopic (exact) mass is 215 g/mol. The van der Waals surface area contributed by atoms with Crippen LogP contribution in [0.1, 0.15) is 12.8 Å². The van der Waals surface area contributed by atoms with E-state index in [4.69, 9.17) is 5.73 Å². The van der Waals surface area contributed by atoms with E-state index in [0.717, 1.165) is 23.9 Å². The van der Waals surface area contributed by atoms with Crippen molar-refractivity contribution in [2.24, 2.45) is 5.73 Å². The minimum atomic E-state index is 0.325. The van der Waals surface area contributed by atoms with Crippen LogP contribution in [0.5, 0.6) is 0 Å². The van der Waals surface area contributed by atoms with Gasteiger partial charge in [-0.2, -0.15) is 0 Å². The van der Waals surface area contributed by atoms with Gasteiger partial charge >= 0.3 is 0 Å². The van der Waals surface area contributed by atoms with E-state index < -0.39 is 0 Å². The maximum Gasteiger partial charge on any atom is 0.243 e. The molecule has 0 bridgehead atoms. The molecule has 3 rings (SSSR count). The minimum Gasteiger partial charge on any atom is -0.350 e. The summed E-state index contributed by atoms with van der Waals surface area (Å²) in [5.74, 6) is 0.593. The van der Waals surface area contributed by atoms with Crippen molar-refractivity contribution in [2.45, 2.75) is 24.9 Å². The van der Waals surface area contributed by atoms with Crippen LogP contribution in [0.4, 0.5) is 5.95 Å².